The molecule has 5 heteroatoms. The van der Waals surface area contributed by atoms with Crippen molar-refractivity contribution in [1.29, 1.82) is 0 Å². The number of anilines is 1. The maximum absolute atomic E-state index is 11.4. The highest BCUT2D eigenvalue weighted by Crippen LogP contribution is 2.19. The molecule has 2 rings (SSSR count). The summed E-state index contributed by atoms with van der Waals surface area (Å²) in [4.78, 5) is 17.8. The van der Waals surface area contributed by atoms with Crippen molar-refractivity contribution in [3.8, 4) is 0 Å². The lowest BCUT2D eigenvalue weighted by Gasteiger charge is -2.33. The quantitative estimate of drug-likeness (QED) is 0.710. The Bertz CT molecular complexity index is 408. The van der Waals surface area contributed by atoms with E-state index in [-0.39, 0.29) is 5.97 Å². The summed E-state index contributed by atoms with van der Waals surface area (Å²) in [6.07, 6.45) is 1.24. The zero-order valence-electron chi connectivity index (χ0n) is 10.0. The molecule has 2 heterocycles. The molecule has 0 saturated carbocycles. The van der Waals surface area contributed by atoms with Crippen LogP contribution >= 0.6 is 0 Å². The fourth-order valence-electron chi connectivity index (χ4n) is 1.92. The number of nitrogens with zero attached hydrogens (tertiary/aromatic N) is 2. The van der Waals surface area contributed by atoms with Crippen LogP contribution in [0.3, 0.4) is 0 Å². The van der Waals surface area contributed by atoms with Gasteiger partial charge in [-0.2, -0.15) is 0 Å². The van der Waals surface area contributed by atoms with E-state index in [9.17, 15) is 4.79 Å². The second kappa shape index (κ2) is 5.14. The van der Waals surface area contributed by atoms with Gasteiger partial charge < -0.3 is 14.4 Å². The number of morpholine rings is 1. The van der Waals surface area contributed by atoms with Gasteiger partial charge in [0.05, 0.1) is 20.3 Å². The minimum absolute atomic E-state index is 0.330. The van der Waals surface area contributed by atoms with Crippen LogP contribution in [0.1, 0.15) is 5.56 Å². The fraction of sp³-hybridized carbons (Fsp3) is 0.500. The maximum atomic E-state index is 11.4. The standard InChI is InChI=1S/C12H16N2O3/c1-9-4-3-5-13-11(9)14-6-7-17-10(8-14)12(15)16-2/h3-5,10H,6-8H2,1-2H3. The van der Waals surface area contributed by atoms with Crippen LogP contribution in [0.25, 0.3) is 0 Å². The molecular formula is C12H16N2O3. The van der Waals surface area contributed by atoms with Crippen molar-refractivity contribution in [2.75, 3.05) is 31.7 Å². The molecule has 0 N–H and O–H groups in total. The summed E-state index contributed by atoms with van der Waals surface area (Å²) in [6.45, 7) is 3.75. The Labute approximate surface area is 100 Å². The molecule has 0 aliphatic carbocycles. The van der Waals surface area contributed by atoms with Gasteiger partial charge in [0.25, 0.3) is 0 Å². The van der Waals surface area contributed by atoms with E-state index in [0.717, 1.165) is 17.9 Å². The van der Waals surface area contributed by atoms with E-state index in [4.69, 9.17) is 9.47 Å². The van der Waals surface area contributed by atoms with Gasteiger partial charge in [0.2, 0.25) is 0 Å². The first-order valence-corrected chi connectivity index (χ1v) is 5.58. The number of pyridine rings is 1. The second-order valence-corrected chi connectivity index (χ2v) is 3.97. The van der Waals surface area contributed by atoms with Crippen molar-refractivity contribution in [2.45, 2.75) is 13.0 Å². The number of ether oxygens (including phenoxy) is 2. The topological polar surface area (TPSA) is 51.7 Å². The third kappa shape index (κ3) is 2.55. The lowest BCUT2D eigenvalue weighted by molar-refractivity contribution is -0.154. The largest absolute Gasteiger partial charge is 0.467 e. The van der Waals surface area contributed by atoms with E-state index in [2.05, 4.69) is 9.88 Å². The van der Waals surface area contributed by atoms with Gasteiger partial charge in [-0.3, -0.25) is 0 Å². The summed E-state index contributed by atoms with van der Waals surface area (Å²) in [5.74, 6) is 0.577. The molecule has 0 aromatic carbocycles. The van der Waals surface area contributed by atoms with E-state index in [1.807, 2.05) is 19.1 Å². The molecule has 0 bridgehead atoms. The van der Waals surface area contributed by atoms with Crippen molar-refractivity contribution < 1.29 is 14.3 Å². The van der Waals surface area contributed by atoms with Gasteiger partial charge in [-0.05, 0) is 18.6 Å². The van der Waals surface area contributed by atoms with Crippen molar-refractivity contribution in [1.82, 2.24) is 4.98 Å². The van der Waals surface area contributed by atoms with Gasteiger partial charge >= 0.3 is 5.97 Å². The fourth-order valence-corrected chi connectivity index (χ4v) is 1.92. The predicted molar refractivity (Wildman–Crippen MR) is 62.9 cm³/mol. The average Bonchev–Trinajstić information content (AvgIpc) is 2.38. The van der Waals surface area contributed by atoms with Crippen LogP contribution in [0.15, 0.2) is 18.3 Å². The Morgan fingerprint density at radius 1 is 1.65 bits per heavy atom. The third-order valence-corrected chi connectivity index (χ3v) is 2.81. The molecular weight excluding hydrogens is 220 g/mol. The van der Waals surface area contributed by atoms with E-state index >= 15 is 0 Å². The summed E-state index contributed by atoms with van der Waals surface area (Å²) < 4.78 is 10.1. The number of esters is 1. The van der Waals surface area contributed by atoms with Crippen molar-refractivity contribution in [3.05, 3.63) is 23.9 Å². The number of hydrogen-bond donors (Lipinski definition) is 0. The number of methoxy groups -OCH3 is 1. The third-order valence-electron chi connectivity index (χ3n) is 2.81. The van der Waals surface area contributed by atoms with Gasteiger partial charge in [0.15, 0.2) is 6.10 Å². The molecule has 1 fully saturated rings. The maximum Gasteiger partial charge on any atom is 0.336 e. The molecule has 1 aliphatic rings. The van der Waals surface area contributed by atoms with E-state index in [1.165, 1.54) is 7.11 Å². The molecule has 1 atom stereocenters. The van der Waals surface area contributed by atoms with Crippen molar-refractivity contribution in [2.24, 2.45) is 0 Å². The highest BCUT2D eigenvalue weighted by atomic mass is 16.6. The van der Waals surface area contributed by atoms with Crippen LogP contribution in [-0.2, 0) is 14.3 Å². The molecule has 1 aliphatic heterocycles. The summed E-state index contributed by atoms with van der Waals surface area (Å²) in [7, 11) is 1.37. The summed E-state index contributed by atoms with van der Waals surface area (Å²) in [5, 5.41) is 0. The zero-order valence-corrected chi connectivity index (χ0v) is 10.0. The zero-order chi connectivity index (χ0) is 12.3. The smallest absolute Gasteiger partial charge is 0.336 e. The van der Waals surface area contributed by atoms with Crippen molar-refractivity contribution >= 4 is 11.8 Å². The van der Waals surface area contributed by atoms with Gasteiger partial charge in [-0.1, -0.05) is 6.07 Å². The highest BCUT2D eigenvalue weighted by Gasteiger charge is 2.28. The highest BCUT2D eigenvalue weighted by molar-refractivity contribution is 5.75. The Balaban J connectivity index is 2.12. The SMILES string of the molecule is COC(=O)C1CN(c2ncccc2C)CCO1. The van der Waals surface area contributed by atoms with Gasteiger partial charge in [-0.25, -0.2) is 9.78 Å². The minimum Gasteiger partial charge on any atom is -0.467 e. The molecule has 17 heavy (non-hydrogen) atoms. The molecule has 5 nitrogen and oxygen atoms in total. The van der Waals surface area contributed by atoms with Gasteiger partial charge in [0.1, 0.15) is 5.82 Å². The van der Waals surface area contributed by atoms with Crippen LogP contribution in [-0.4, -0.2) is 43.9 Å². The van der Waals surface area contributed by atoms with Crippen LogP contribution in [0.5, 0.6) is 0 Å². The average molecular weight is 236 g/mol. The molecule has 1 saturated heterocycles. The number of rotatable bonds is 2. The Morgan fingerprint density at radius 2 is 2.47 bits per heavy atom. The molecule has 1 aromatic rings. The van der Waals surface area contributed by atoms with E-state index in [1.54, 1.807) is 6.20 Å². The lowest BCUT2D eigenvalue weighted by atomic mass is 10.2. The molecule has 1 unspecified atom stereocenters. The van der Waals surface area contributed by atoms with Crippen LogP contribution in [0, 0.1) is 6.92 Å². The predicted octanol–water partition coefficient (Wildman–Crippen LogP) is 0.768. The number of carbonyl (C=O) groups is 1. The Kier molecular flexibility index (Phi) is 3.58. The summed E-state index contributed by atoms with van der Waals surface area (Å²) in [6, 6.07) is 3.90. The summed E-state index contributed by atoms with van der Waals surface area (Å²) in [5.41, 5.74) is 1.10. The lowest BCUT2D eigenvalue weighted by Crippen LogP contribution is -2.47. The Morgan fingerprint density at radius 3 is 3.18 bits per heavy atom. The number of aryl methyl sites for hydroxylation is 1. The van der Waals surface area contributed by atoms with Crippen LogP contribution in [0.2, 0.25) is 0 Å². The first-order chi connectivity index (χ1) is 8.22. The first-order valence-electron chi connectivity index (χ1n) is 5.58. The number of aromatic nitrogens is 1. The van der Waals surface area contributed by atoms with Crippen molar-refractivity contribution in [3.63, 3.8) is 0 Å². The summed E-state index contributed by atoms with van der Waals surface area (Å²) >= 11 is 0. The van der Waals surface area contributed by atoms with E-state index in [0.29, 0.717) is 13.2 Å². The number of hydrogen-bond acceptors (Lipinski definition) is 5. The minimum atomic E-state index is -0.518. The van der Waals surface area contributed by atoms with Gasteiger partial charge in [-0.15, -0.1) is 0 Å². The second-order valence-electron chi connectivity index (χ2n) is 3.97. The molecule has 0 amide bonds. The monoisotopic (exact) mass is 236 g/mol. The normalized spacial score (nSPS) is 20.1. The number of carbonyl (C=O) groups excluding carboxylic acids is 1. The molecule has 0 spiro atoms. The van der Waals surface area contributed by atoms with Gasteiger partial charge in [0, 0.05) is 12.7 Å². The molecule has 1 aromatic heterocycles. The van der Waals surface area contributed by atoms with Crippen LogP contribution in [0.4, 0.5) is 5.82 Å². The molecule has 92 valence electrons. The van der Waals surface area contributed by atoms with Crippen LogP contribution < -0.4 is 4.90 Å². The Hall–Kier alpha value is -1.62. The molecule has 0 radical (unpaired) electrons. The first kappa shape index (κ1) is 11.9. The van der Waals surface area contributed by atoms with E-state index < -0.39 is 6.10 Å².